The average molecular weight is 441 g/mol. The van der Waals surface area contributed by atoms with E-state index in [9.17, 15) is 13.2 Å². The molecular formula is C17H16INO3S. The van der Waals surface area contributed by atoms with Gasteiger partial charge in [-0.15, -0.1) is 0 Å². The monoisotopic (exact) mass is 441 g/mol. The van der Waals surface area contributed by atoms with Gasteiger partial charge in [0.25, 0.3) is 0 Å². The molecule has 0 saturated carbocycles. The van der Waals surface area contributed by atoms with Crippen LogP contribution >= 0.6 is 22.6 Å². The third-order valence-electron chi connectivity index (χ3n) is 4.09. The first-order chi connectivity index (χ1) is 11.0. The van der Waals surface area contributed by atoms with Gasteiger partial charge in [-0.05, 0) is 59.2 Å². The summed E-state index contributed by atoms with van der Waals surface area (Å²) in [7, 11) is -3.69. The number of carbonyl (C=O) groups is 1. The highest BCUT2D eigenvalue weighted by Crippen LogP contribution is 2.37. The van der Waals surface area contributed by atoms with E-state index in [0.717, 1.165) is 22.0 Å². The Morgan fingerprint density at radius 3 is 2.48 bits per heavy atom. The molecule has 1 fully saturated rings. The molecular weight excluding hydrogens is 425 g/mol. The third kappa shape index (κ3) is 3.20. The zero-order valence-corrected chi connectivity index (χ0v) is 15.3. The van der Waals surface area contributed by atoms with Gasteiger partial charge in [-0.1, -0.05) is 30.3 Å². The molecule has 0 aliphatic carbocycles. The number of sulfonamides is 1. The zero-order chi connectivity index (χ0) is 16.4. The first-order valence-electron chi connectivity index (χ1n) is 7.35. The van der Waals surface area contributed by atoms with Gasteiger partial charge in [-0.25, -0.2) is 8.42 Å². The Labute approximate surface area is 149 Å². The molecule has 1 atom stereocenters. The SMILES string of the molecule is O=Cc1ccccc1S(=O)(=O)N1CCCC1c1ccc(I)cc1. The van der Waals surface area contributed by atoms with Crippen molar-refractivity contribution in [3.8, 4) is 0 Å². The average Bonchev–Trinajstić information content (AvgIpc) is 3.06. The lowest BCUT2D eigenvalue weighted by Crippen LogP contribution is -2.31. The molecule has 1 aliphatic rings. The van der Waals surface area contributed by atoms with E-state index in [0.29, 0.717) is 12.8 Å². The Morgan fingerprint density at radius 1 is 1.09 bits per heavy atom. The van der Waals surface area contributed by atoms with Crippen LogP contribution in [0.2, 0.25) is 0 Å². The van der Waals surface area contributed by atoms with Gasteiger partial charge in [0.05, 0.1) is 10.9 Å². The second-order valence-electron chi connectivity index (χ2n) is 5.48. The Kier molecular flexibility index (Phi) is 4.84. The van der Waals surface area contributed by atoms with E-state index in [1.54, 1.807) is 12.1 Å². The third-order valence-corrected chi connectivity index (χ3v) is 6.79. The van der Waals surface area contributed by atoms with E-state index >= 15 is 0 Å². The molecule has 1 unspecified atom stereocenters. The van der Waals surface area contributed by atoms with Crippen LogP contribution < -0.4 is 0 Å². The summed E-state index contributed by atoms with van der Waals surface area (Å²) in [4.78, 5) is 11.3. The van der Waals surface area contributed by atoms with Crippen molar-refractivity contribution < 1.29 is 13.2 Å². The predicted molar refractivity (Wildman–Crippen MR) is 96.9 cm³/mol. The van der Waals surface area contributed by atoms with Crippen LogP contribution in [0.4, 0.5) is 0 Å². The van der Waals surface area contributed by atoms with Crippen molar-refractivity contribution in [2.75, 3.05) is 6.54 Å². The number of hydrogen-bond donors (Lipinski definition) is 0. The number of hydrogen-bond acceptors (Lipinski definition) is 3. The molecule has 2 aromatic rings. The number of benzene rings is 2. The maximum atomic E-state index is 13.0. The minimum atomic E-state index is -3.69. The summed E-state index contributed by atoms with van der Waals surface area (Å²) in [6.07, 6.45) is 2.21. The molecule has 120 valence electrons. The number of carbonyl (C=O) groups excluding carboxylic acids is 1. The van der Waals surface area contributed by atoms with Crippen molar-refractivity contribution in [1.82, 2.24) is 4.31 Å². The van der Waals surface area contributed by atoms with Crippen LogP contribution in [-0.4, -0.2) is 25.6 Å². The predicted octanol–water partition coefficient (Wildman–Crippen LogP) is 3.63. The maximum Gasteiger partial charge on any atom is 0.244 e. The first kappa shape index (κ1) is 16.6. The molecule has 1 aliphatic heterocycles. The van der Waals surface area contributed by atoms with Gasteiger partial charge in [0, 0.05) is 15.7 Å². The van der Waals surface area contributed by atoms with Crippen LogP contribution in [0.25, 0.3) is 0 Å². The molecule has 0 bridgehead atoms. The summed E-state index contributed by atoms with van der Waals surface area (Å²) in [6.45, 7) is 0.478. The Hall–Kier alpha value is -1.25. The van der Waals surface area contributed by atoms with Crippen molar-refractivity contribution in [2.45, 2.75) is 23.8 Å². The molecule has 2 aromatic carbocycles. The highest BCUT2D eigenvalue weighted by Gasteiger charge is 2.37. The zero-order valence-electron chi connectivity index (χ0n) is 12.4. The molecule has 0 N–H and O–H groups in total. The highest BCUT2D eigenvalue weighted by molar-refractivity contribution is 14.1. The largest absolute Gasteiger partial charge is 0.298 e. The summed E-state index contributed by atoms with van der Waals surface area (Å²) in [5.41, 5.74) is 1.20. The molecule has 4 nitrogen and oxygen atoms in total. The van der Waals surface area contributed by atoms with Crippen LogP contribution in [0.3, 0.4) is 0 Å². The van der Waals surface area contributed by atoms with Crippen LogP contribution in [0.5, 0.6) is 0 Å². The molecule has 23 heavy (non-hydrogen) atoms. The summed E-state index contributed by atoms with van der Waals surface area (Å²) >= 11 is 2.23. The van der Waals surface area contributed by atoms with Gasteiger partial charge in [0.1, 0.15) is 0 Å². The standard InChI is InChI=1S/C17H16INO3S/c18-15-9-7-13(8-10-15)16-5-3-11-19(16)23(21,22)17-6-2-1-4-14(17)12-20/h1-2,4,6-10,12,16H,3,5,11H2. The number of rotatable bonds is 4. The molecule has 3 rings (SSSR count). The normalized spacial score (nSPS) is 18.9. The van der Waals surface area contributed by atoms with Crippen molar-refractivity contribution in [3.63, 3.8) is 0 Å². The number of nitrogens with zero attached hydrogens (tertiary/aromatic N) is 1. The van der Waals surface area contributed by atoms with Gasteiger partial charge < -0.3 is 0 Å². The molecule has 1 saturated heterocycles. The van der Waals surface area contributed by atoms with Crippen LogP contribution in [0.1, 0.15) is 34.8 Å². The smallest absolute Gasteiger partial charge is 0.244 e. The van der Waals surface area contributed by atoms with Gasteiger partial charge in [0.15, 0.2) is 6.29 Å². The quantitative estimate of drug-likeness (QED) is 0.538. The lowest BCUT2D eigenvalue weighted by Gasteiger charge is -2.25. The van der Waals surface area contributed by atoms with Crippen LogP contribution in [0, 0.1) is 3.57 Å². The van der Waals surface area contributed by atoms with E-state index in [1.165, 1.54) is 16.4 Å². The topological polar surface area (TPSA) is 54.5 Å². The van der Waals surface area contributed by atoms with Crippen molar-refractivity contribution in [3.05, 3.63) is 63.2 Å². The van der Waals surface area contributed by atoms with Gasteiger partial charge in [-0.2, -0.15) is 4.31 Å². The maximum absolute atomic E-state index is 13.0. The Bertz CT molecular complexity index is 818. The second-order valence-corrected chi connectivity index (χ2v) is 8.59. The molecule has 0 aromatic heterocycles. The highest BCUT2D eigenvalue weighted by atomic mass is 127. The molecule has 6 heteroatoms. The molecule has 0 radical (unpaired) electrons. The van der Waals surface area contributed by atoms with Gasteiger partial charge >= 0.3 is 0 Å². The second kappa shape index (κ2) is 6.70. The Balaban J connectivity index is 2.01. The lowest BCUT2D eigenvalue weighted by molar-refractivity contribution is 0.112. The van der Waals surface area contributed by atoms with Gasteiger partial charge in [0.2, 0.25) is 10.0 Å². The fourth-order valence-corrected chi connectivity index (χ4v) is 5.19. The van der Waals surface area contributed by atoms with Crippen molar-refractivity contribution >= 4 is 38.9 Å². The van der Waals surface area contributed by atoms with E-state index in [1.807, 2.05) is 24.3 Å². The molecule has 1 heterocycles. The lowest BCUT2D eigenvalue weighted by atomic mass is 10.1. The van der Waals surface area contributed by atoms with Crippen LogP contribution in [0.15, 0.2) is 53.4 Å². The fraction of sp³-hybridized carbons (Fsp3) is 0.235. The summed E-state index contributed by atoms with van der Waals surface area (Å²) in [5, 5.41) is 0. The minimum absolute atomic E-state index is 0.0902. The van der Waals surface area contributed by atoms with E-state index in [2.05, 4.69) is 22.6 Å². The Morgan fingerprint density at radius 2 is 1.78 bits per heavy atom. The van der Waals surface area contributed by atoms with E-state index < -0.39 is 10.0 Å². The van der Waals surface area contributed by atoms with E-state index in [-0.39, 0.29) is 16.5 Å². The summed E-state index contributed by atoms with van der Waals surface area (Å²) < 4.78 is 28.7. The summed E-state index contributed by atoms with van der Waals surface area (Å²) in [6, 6.07) is 14.1. The van der Waals surface area contributed by atoms with Crippen molar-refractivity contribution in [1.29, 1.82) is 0 Å². The van der Waals surface area contributed by atoms with Gasteiger partial charge in [-0.3, -0.25) is 4.79 Å². The molecule has 0 spiro atoms. The van der Waals surface area contributed by atoms with E-state index in [4.69, 9.17) is 0 Å². The first-order valence-corrected chi connectivity index (χ1v) is 9.87. The minimum Gasteiger partial charge on any atom is -0.298 e. The fourth-order valence-electron chi connectivity index (χ4n) is 2.98. The summed E-state index contributed by atoms with van der Waals surface area (Å²) in [5.74, 6) is 0. The number of aldehydes is 1. The van der Waals surface area contributed by atoms with Crippen molar-refractivity contribution in [2.24, 2.45) is 0 Å². The van der Waals surface area contributed by atoms with Crippen LogP contribution in [-0.2, 0) is 10.0 Å². The molecule has 0 amide bonds. The number of halogens is 1.